The van der Waals surface area contributed by atoms with Crippen LogP contribution in [-0.4, -0.2) is 32.8 Å². The van der Waals surface area contributed by atoms with Crippen molar-refractivity contribution in [1.29, 1.82) is 0 Å². The van der Waals surface area contributed by atoms with Crippen LogP contribution in [0.25, 0.3) is 0 Å². The third kappa shape index (κ3) is 6.22. The summed E-state index contributed by atoms with van der Waals surface area (Å²) in [7, 11) is 4.09. The van der Waals surface area contributed by atoms with Gasteiger partial charge in [0.15, 0.2) is 0 Å². The van der Waals surface area contributed by atoms with Crippen LogP contribution in [0.1, 0.15) is 74.4 Å². The number of rotatable bonds is 14. The second-order valence-electron chi connectivity index (χ2n) is 8.78. The first-order valence-corrected chi connectivity index (χ1v) is 12.9. The average Bonchev–Trinajstić information content (AvgIpc) is 3.34. The maximum absolute atomic E-state index is 5.98. The molecule has 0 N–H and O–H groups in total. The summed E-state index contributed by atoms with van der Waals surface area (Å²) in [4.78, 5) is 0. The van der Waals surface area contributed by atoms with Gasteiger partial charge < -0.3 is 9.47 Å². The Bertz CT molecular complexity index is 951. The number of benzene rings is 1. The van der Waals surface area contributed by atoms with Crippen LogP contribution in [-0.2, 0) is 52.6 Å². The Morgan fingerprint density at radius 1 is 0.618 bits per heavy atom. The van der Waals surface area contributed by atoms with E-state index in [1.54, 1.807) is 0 Å². The highest BCUT2D eigenvalue weighted by Gasteiger charge is 2.14. The van der Waals surface area contributed by atoms with Crippen molar-refractivity contribution in [3.8, 4) is 11.5 Å². The molecule has 0 aliphatic heterocycles. The summed E-state index contributed by atoms with van der Waals surface area (Å²) in [6.45, 7) is 10.1. The Morgan fingerprint density at radius 2 is 1.00 bits per heavy atom. The van der Waals surface area contributed by atoms with E-state index in [0.29, 0.717) is 13.2 Å². The van der Waals surface area contributed by atoms with Gasteiger partial charge in [0.2, 0.25) is 0 Å². The van der Waals surface area contributed by atoms with Gasteiger partial charge in [0.05, 0.1) is 24.6 Å². The van der Waals surface area contributed by atoms with E-state index in [4.69, 9.17) is 9.47 Å². The van der Waals surface area contributed by atoms with Crippen molar-refractivity contribution >= 4 is 0 Å². The molecule has 0 unspecified atom stereocenters. The standard InChI is InChI=1S/C28H42N4O2/c1-7-25-23(27(9-3)31(5)29-25)13-11-19-33-21-15-17-22(18-16-21)34-20-12-14-24-26(8-2)30-32(6)28(24)10-4/h15-18H,7-14,19-20H2,1-6H3. The highest BCUT2D eigenvalue weighted by molar-refractivity contribution is 5.31. The number of nitrogens with zero attached hydrogens (tertiary/aromatic N) is 4. The minimum atomic E-state index is 0.700. The maximum atomic E-state index is 5.98. The molecule has 186 valence electrons. The van der Waals surface area contributed by atoms with Crippen molar-refractivity contribution < 1.29 is 9.47 Å². The van der Waals surface area contributed by atoms with Crippen LogP contribution in [0.15, 0.2) is 24.3 Å². The fourth-order valence-corrected chi connectivity index (χ4v) is 4.87. The van der Waals surface area contributed by atoms with Crippen LogP contribution in [0.2, 0.25) is 0 Å². The van der Waals surface area contributed by atoms with Crippen LogP contribution >= 0.6 is 0 Å². The fourth-order valence-electron chi connectivity index (χ4n) is 4.87. The van der Waals surface area contributed by atoms with E-state index in [0.717, 1.165) is 62.9 Å². The molecule has 0 radical (unpaired) electrons. The molecule has 0 saturated heterocycles. The first kappa shape index (κ1) is 25.9. The molecule has 0 amide bonds. The SMILES string of the molecule is CCc1nn(C)c(CC)c1CCCOc1ccc(OCCCc2c(CC)nn(C)c2CC)cc1. The third-order valence-electron chi connectivity index (χ3n) is 6.56. The predicted octanol–water partition coefficient (Wildman–Crippen LogP) is 5.43. The first-order chi connectivity index (χ1) is 16.5. The van der Waals surface area contributed by atoms with Gasteiger partial charge in [0, 0.05) is 25.5 Å². The predicted molar refractivity (Wildman–Crippen MR) is 138 cm³/mol. The summed E-state index contributed by atoms with van der Waals surface area (Å²) in [6, 6.07) is 8.00. The lowest BCUT2D eigenvalue weighted by Crippen LogP contribution is -2.04. The zero-order valence-corrected chi connectivity index (χ0v) is 22.0. The van der Waals surface area contributed by atoms with Crippen molar-refractivity contribution in [1.82, 2.24) is 19.6 Å². The van der Waals surface area contributed by atoms with Gasteiger partial charge in [-0.1, -0.05) is 27.7 Å². The number of hydrogen-bond acceptors (Lipinski definition) is 4. The molecule has 0 fully saturated rings. The van der Waals surface area contributed by atoms with Crippen LogP contribution in [0.4, 0.5) is 0 Å². The second kappa shape index (κ2) is 12.6. The normalized spacial score (nSPS) is 11.2. The lowest BCUT2D eigenvalue weighted by Gasteiger charge is -2.10. The highest BCUT2D eigenvalue weighted by atomic mass is 16.5. The summed E-state index contributed by atoms with van der Waals surface area (Å²) in [5, 5.41) is 9.34. The topological polar surface area (TPSA) is 54.1 Å². The van der Waals surface area contributed by atoms with Crippen LogP contribution in [0.5, 0.6) is 11.5 Å². The van der Waals surface area contributed by atoms with Gasteiger partial charge in [0.25, 0.3) is 0 Å². The quantitative estimate of drug-likeness (QED) is 0.297. The zero-order chi connectivity index (χ0) is 24.5. The van der Waals surface area contributed by atoms with Crippen LogP contribution < -0.4 is 9.47 Å². The Labute approximate surface area is 205 Å². The van der Waals surface area contributed by atoms with Gasteiger partial charge >= 0.3 is 0 Å². The molecular formula is C28H42N4O2. The van der Waals surface area contributed by atoms with Crippen molar-refractivity contribution in [2.75, 3.05) is 13.2 Å². The molecular weight excluding hydrogens is 424 g/mol. The zero-order valence-electron chi connectivity index (χ0n) is 22.0. The minimum absolute atomic E-state index is 0.700. The highest BCUT2D eigenvalue weighted by Crippen LogP contribution is 2.21. The van der Waals surface area contributed by atoms with E-state index in [2.05, 4.69) is 37.9 Å². The molecule has 0 bridgehead atoms. The lowest BCUT2D eigenvalue weighted by atomic mass is 10.0. The van der Waals surface area contributed by atoms with Gasteiger partial charge in [-0.05, 0) is 86.8 Å². The van der Waals surface area contributed by atoms with Crippen molar-refractivity contribution in [2.45, 2.75) is 79.1 Å². The number of aromatic nitrogens is 4. The summed E-state index contributed by atoms with van der Waals surface area (Å²) in [5.41, 5.74) is 7.95. The van der Waals surface area contributed by atoms with Crippen LogP contribution in [0.3, 0.4) is 0 Å². The number of aryl methyl sites for hydroxylation is 4. The van der Waals surface area contributed by atoms with Crippen LogP contribution in [0, 0.1) is 0 Å². The fraction of sp³-hybridized carbons (Fsp3) is 0.571. The molecule has 3 rings (SSSR count). The molecule has 1 aromatic carbocycles. The number of ether oxygens (including phenoxy) is 2. The van der Waals surface area contributed by atoms with E-state index >= 15 is 0 Å². The monoisotopic (exact) mass is 466 g/mol. The minimum Gasteiger partial charge on any atom is -0.494 e. The van der Waals surface area contributed by atoms with Crippen molar-refractivity contribution in [3.05, 3.63) is 58.2 Å². The average molecular weight is 467 g/mol. The van der Waals surface area contributed by atoms with E-state index < -0.39 is 0 Å². The Morgan fingerprint density at radius 3 is 1.32 bits per heavy atom. The van der Waals surface area contributed by atoms with E-state index in [9.17, 15) is 0 Å². The molecule has 3 aromatic rings. The molecule has 2 aromatic heterocycles. The first-order valence-electron chi connectivity index (χ1n) is 12.9. The van der Waals surface area contributed by atoms with E-state index in [-0.39, 0.29) is 0 Å². The summed E-state index contributed by atoms with van der Waals surface area (Å²) < 4.78 is 16.0. The Kier molecular flexibility index (Phi) is 9.61. The lowest BCUT2D eigenvalue weighted by molar-refractivity contribution is 0.302. The molecule has 34 heavy (non-hydrogen) atoms. The van der Waals surface area contributed by atoms with Crippen molar-refractivity contribution in [2.24, 2.45) is 14.1 Å². The second-order valence-corrected chi connectivity index (χ2v) is 8.78. The molecule has 6 heteroatoms. The molecule has 2 heterocycles. The Hall–Kier alpha value is -2.76. The largest absolute Gasteiger partial charge is 0.494 e. The molecule has 0 aliphatic rings. The van der Waals surface area contributed by atoms with Gasteiger partial charge in [-0.15, -0.1) is 0 Å². The van der Waals surface area contributed by atoms with E-state index in [1.807, 2.05) is 47.7 Å². The van der Waals surface area contributed by atoms with Gasteiger partial charge in [-0.2, -0.15) is 10.2 Å². The van der Waals surface area contributed by atoms with E-state index in [1.165, 1.54) is 33.9 Å². The van der Waals surface area contributed by atoms with Gasteiger partial charge in [-0.25, -0.2) is 0 Å². The van der Waals surface area contributed by atoms with Gasteiger partial charge in [-0.3, -0.25) is 9.36 Å². The smallest absolute Gasteiger partial charge is 0.119 e. The Balaban J connectivity index is 1.41. The molecule has 0 saturated carbocycles. The molecule has 0 aliphatic carbocycles. The summed E-state index contributed by atoms with van der Waals surface area (Å²) in [5.74, 6) is 1.78. The summed E-state index contributed by atoms with van der Waals surface area (Å²) >= 11 is 0. The summed E-state index contributed by atoms with van der Waals surface area (Å²) in [6.07, 6.45) is 7.98. The molecule has 0 atom stereocenters. The molecule has 0 spiro atoms. The van der Waals surface area contributed by atoms with Crippen molar-refractivity contribution in [3.63, 3.8) is 0 Å². The molecule has 6 nitrogen and oxygen atoms in total. The maximum Gasteiger partial charge on any atom is 0.119 e. The van der Waals surface area contributed by atoms with Gasteiger partial charge in [0.1, 0.15) is 11.5 Å². The third-order valence-corrected chi connectivity index (χ3v) is 6.56. The number of hydrogen-bond donors (Lipinski definition) is 0.